The number of nitrogens with zero attached hydrogens (tertiary/aromatic N) is 3. The number of hydrogen-bond donors (Lipinski definition) is 1. The van der Waals surface area contributed by atoms with Crippen molar-refractivity contribution in [3.8, 4) is 0 Å². The van der Waals surface area contributed by atoms with E-state index in [0.717, 1.165) is 17.5 Å². The number of nitrogens with one attached hydrogen (secondary N) is 1. The highest BCUT2D eigenvalue weighted by molar-refractivity contribution is 7.15. The maximum atomic E-state index is 12.6. The third-order valence-electron chi connectivity index (χ3n) is 4.07. The van der Waals surface area contributed by atoms with Crippen molar-refractivity contribution in [2.75, 3.05) is 12.4 Å². The molecule has 0 aliphatic heterocycles. The number of thiophene rings is 1. The number of carbonyl (C=O) groups excluding carboxylic acids is 2. The Morgan fingerprint density at radius 3 is 2.68 bits per heavy atom. The summed E-state index contributed by atoms with van der Waals surface area (Å²) >= 11 is 1.31. The summed E-state index contributed by atoms with van der Waals surface area (Å²) in [6.45, 7) is 4.66. The first-order chi connectivity index (χ1) is 13.5. The summed E-state index contributed by atoms with van der Waals surface area (Å²) in [6, 6.07) is 9.79. The number of methoxy groups -OCH3 is 1. The maximum absolute atomic E-state index is 12.6. The average molecular weight is 398 g/mol. The van der Waals surface area contributed by atoms with Crippen molar-refractivity contribution in [3.63, 3.8) is 0 Å². The van der Waals surface area contributed by atoms with Gasteiger partial charge in [0.2, 0.25) is 0 Å². The number of aromatic nitrogens is 3. The van der Waals surface area contributed by atoms with Gasteiger partial charge < -0.3 is 10.1 Å². The minimum Gasteiger partial charge on any atom is -0.465 e. The Balaban J connectivity index is 1.76. The molecule has 0 atom stereocenters. The number of ether oxygens (including phenoxy) is 1. The zero-order valence-electron chi connectivity index (χ0n) is 16.0. The molecule has 0 saturated carbocycles. The smallest absolute Gasteiger partial charge is 0.341 e. The fraction of sp³-hybridized carbons (Fsp3) is 0.300. The molecule has 7 nitrogen and oxygen atoms in total. The van der Waals surface area contributed by atoms with E-state index in [1.54, 1.807) is 10.9 Å². The SMILES string of the molecule is COC(=O)c1c(CC(C)C)csc1NC(=O)c1cn(Cc2ccccc2)nn1. The molecule has 0 unspecified atom stereocenters. The summed E-state index contributed by atoms with van der Waals surface area (Å²) in [4.78, 5) is 24.8. The lowest BCUT2D eigenvalue weighted by molar-refractivity contribution is 0.0601. The van der Waals surface area contributed by atoms with E-state index in [1.165, 1.54) is 18.4 Å². The molecule has 2 heterocycles. The highest BCUT2D eigenvalue weighted by Crippen LogP contribution is 2.31. The molecular formula is C20H22N4O3S. The Hall–Kier alpha value is -3.00. The van der Waals surface area contributed by atoms with Gasteiger partial charge in [0.05, 0.1) is 25.4 Å². The van der Waals surface area contributed by atoms with Crippen molar-refractivity contribution in [1.82, 2.24) is 15.0 Å². The molecule has 1 aromatic carbocycles. The molecule has 146 valence electrons. The van der Waals surface area contributed by atoms with Gasteiger partial charge in [0.1, 0.15) is 5.00 Å². The average Bonchev–Trinajstić information content (AvgIpc) is 3.29. The highest BCUT2D eigenvalue weighted by Gasteiger charge is 2.23. The van der Waals surface area contributed by atoms with Crippen LogP contribution in [0.1, 0.15) is 45.8 Å². The van der Waals surface area contributed by atoms with E-state index in [4.69, 9.17) is 4.74 Å². The van der Waals surface area contributed by atoms with Crippen LogP contribution in [-0.4, -0.2) is 34.0 Å². The van der Waals surface area contributed by atoms with E-state index in [0.29, 0.717) is 23.0 Å². The molecule has 3 aromatic rings. The second-order valence-corrected chi connectivity index (χ2v) is 7.68. The number of anilines is 1. The summed E-state index contributed by atoms with van der Waals surface area (Å²) in [5.41, 5.74) is 2.52. The fourth-order valence-electron chi connectivity index (χ4n) is 2.82. The molecule has 1 amide bonds. The number of amides is 1. The zero-order chi connectivity index (χ0) is 20.1. The van der Waals surface area contributed by atoms with Gasteiger partial charge in [-0.05, 0) is 28.8 Å². The van der Waals surface area contributed by atoms with E-state index in [9.17, 15) is 9.59 Å². The summed E-state index contributed by atoms with van der Waals surface area (Å²) in [5, 5.41) is 13.1. The largest absolute Gasteiger partial charge is 0.465 e. The van der Waals surface area contributed by atoms with E-state index in [1.807, 2.05) is 35.7 Å². The Kier molecular flexibility index (Phi) is 6.20. The van der Waals surface area contributed by atoms with Crippen LogP contribution >= 0.6 is 11.3 Å². The Bertz CT molecular complexity index is 963. The zero-order valence-corrected chi connectivity index (χ0v) is 16.8. The maximum Gasteiger partial charge on any atom is 0.341 e. The van der Waals surface area contributed by atoms with Crippen molar-refractivity contribution in [3.05, 3.63) is 64.3 Å². The fourth-order valence-corrected chi connectivity index (χ4v) is 3.78. The monoisotopic (exact) mass is 398 g/mol. The minimum absolute atomic E-state index is 0.186. The molecular weight excluding hydrogens is 376 g/mol. The van der Waals surface area contributed by atoms with Crippen LogP contribution in [0.25, 0.3) is 0 Å². The second kappa shape index (κ2) is 8.79. The lowest BCUT2D eigenvalue weighted by Crippen LogP contribution is -2.15. The van der Waals surface area contributed by atoms with Gasteiger partial charge >= 0.3 is 5.97 Å². The first-order valence-corrected chi connectivity index (χ1v) is 9.80. The minimum atomic E-state index is -0.458. The Morgan fingerprint density at radius 1 is 1.25 bits per heavy atom. The van der Waals surface area contributed by atoms with Gasteiger partial charge in [-0.3, -0.25) is 4.79 Å². The van der Waals surface area contributed by atoms with Crippen LogP contribution in [-0.2, 0) is 17.7 Å². The second-order valence-electron chi connectivity index (χ2n) is 6.80. The molecule has 8 heteroatoms. The van der Waals surface area contributed by atoms with Crippen LogP contribution in [0.3, 0.4) is 0 Å². The van der Waals surface area contributed by atoms with E-state index in [-0.39, 0.29) is 5.69 Å². The van der Waals surface area contributed by atoms with Crippen LogP contribution in [0.4, 0.5) is 5.00 Å². The predicted molar refractivity (Wildman–Crippen MR) is 108 cm³/mol. The third kappa shape index (κ3) is 4.64. The molecule has 1 N–H and O–H groups in total. The van der Waals surface area contributed by atoms with Crippen molar-refractivity contribution >= 4 is 28.2 Å². The van der Waals surface area contributed by atoms with Gasteiger partial charge in [-0.15, -0.1) is 16.4 Å². The number of esters is 1. The third-order valence-corrected chi connectivity index (χ3v) is 5.01. The first-order valence-electron chi connectivity index (χ1n) is 8.92. The van der Waals surface area contributed by atoms with E-state index < -0.39 is 11.9 Å². The molecule has 2 aromatic heterocycles. The van der Waals surface area contributed by atoms with Crippen molar-refractivity contribution < 1.29 is 14.3 Å². The normalized spacial score (nSPS) is 10.9. The topological polar surface area (TPSA) is 86.1 Å². The summed E-state index contributed by atoms with van der Waals surface area (Å²) < 4.78 is 6.50. The molecule has 3 rings (SSSR count). The standard InChI is InChI=1S/C20H22N4O3S/c1-13(2)9-15-12-28-19(17(15)20(26)27-3)21-18(25)16-11-24(23-22-16)10-14-7-5-4-6-8-14/h4-8,11-13H,9-10H2,1-3H3,(H,21,25). The van der Waals surface area contributed by atoms with E-state index >= 15 is 0 Å². The van der Waals surface area contributed by atoms with Crippen LogP contribution in [0, 0.1) is 5.92 Å². The Labute approximate surface area is 167 Å². The number of rotatable bonds is 7. The van der Waals surface area contributed by atoms with Crippen LogP contribution in [0.2, 0.25) is 0 Å². The van der Waals surface area contributed by atoms with Gasteiger partial charge in [0.15, 0.2) is 5.69 Å². The number of hydrogen-bond acceptors (Lipinski definition) is 6. The lowest BCUT2D eigenvalue weighted by Gasteiger charge is -2.08. The first kappa shape index (κ1) is 19.8. The van der Waals surface area contributed by atoms with Crippen LogP contribution in [0.5, 0.6) is 0 Å². The van der Waals surface area contributed by atoms with Gasteiger partial charge in [-0.2, -0.15) is 0 Å². The molecule has 0 saturated heterocycles. The van der Waals surface area contributed by atoms with Gasteiger partial charge in [-0.25, -0.2) is 9.48 Å². The van der Waals surface area contributed by atoms with Gasteiger partial charge in [-0.1, -0.05) is 49.4 Å². The molecule has 0 spiro atoms. The molecule has 0 aliphatic rings. The lowest BCUT2D eigenvalue weighted by atomic mass is 10.0. The molecule has 0 radical (unpaired) electrons. The molecule has 0 bridgehead atoms. The number of carbonyl (C=O) groups is 2. The molecule has 0 aliphatic carbocycles. The number of benzene rings is 1. The predicted octanol–water partition coefficient (Wildman–Crippen LogP) is 3.63. The van der Waals surface area contributed by atoms with E-state index in [2.05, 4.69) is 29.5 Å². The summed E-state index contributed by atoms with van der Waals surface area (Å²) in [6.07, 6.45) is 2.31. The molecule has 0 fully saturated rings. The van der Waals surface area contributed by atoms with Gasteiger partial charge in [0.25, 0.3) is 5.91 Å². The van der Waals surface area contributed by atoms with Crippen molar-refractivity contribution in [1.29, 1.82) is 0 Å². The van der Waals surface area contributed by atoms with Crippen LogP contribution < -0.4 is 5.32 Å². The Morgan fingerprint density at radius 2 is 2.00 bits per heavy atom. The van der Waals surface area contributed by atoms with Gasteiger partial charge in [0, 0.05) is 0 Å². The summed E-state index contributed by atoms with van der Waals surface area (Å²) in [7, 11) is 1.33. The highest BCUT2D eigenvalue weighted by atomic mass is 32.1. The van der Waals surface area contributed by atoms with Crippen LogP contribution in [0.15, 0.2) is 41.9 Å². The quantitative estimate of drug-likeness (QED) is 0.614. The van der Waals surface area contributed by atoms with Crippen molar-refractivity contribution in [2.45, 2.75) is 26.8 Å². The summed E-state index contributed by atoms with van der Waals surface area (Å²) in [5.74, 6) is -0.498. The molecule has 28 heavy (non-hydrogen) atoms. The van der Waals surface area contributed by atoms with Crippen molar-refractivity contribution in [2.24, 2.45) is 5.92 Å².